The van der Waals surface area contributed by atoms with Gasteiger partial charge in [0.1, 0.15) is 5.75 Å². The maximum Gasteiger partial charge on any atom is 0.165 e. The van der Waals surface area contributed by atoms with E-state index in [0.29, 0.717) is 5.88 Å². The second-order valence-corrected chi connectivity index (χ2v) is 3.94. The summed E-state index contributed by atoms with van der Waals surface area (Å²) in [5, 5.41) is 4.04. The fourth-order valence-corrected chi connectivity index (χ4v) is 1.77. The normalized spacial score (nSPS) is 10.4. The SMILES string of the molecule is Cc1cc(Oc2cnn(C)c2)ccc1CCl. The van der Waals surface area contributed by atoms with Gasteiger partial charge in [-0.3, -0.25) is 4.68 Å². The molecule has 0 N–H and O–H groups in total. The topological polar surface area (TPSA) is 27.1 Å². The molecule has 0 aliphatic rings. The van der Waals surface area contributed by atoms with Crippen molar-refractivity contribution in [3.05, 3.63) is 41.7 Å². The first kappa shape index (κ1) is 11.0. The van der Waals surface area contributed by atoms with Crippen molar-refractivity contribution in [3.8, 4) is 11.5 Å². The highest BCUT2D eigenvalue weighted by atomic mass is 35.5. The number of hydrogen-bond acceptors (Lipinski definition) is 2. The van der Waals surface area contributed by atoms with Gasteiger partial charge in [0.25, 0.3) is 0 Å². The predicted octanol–water partition coefficient (Wildman–Crippen LogP) is 3.26. The summed E-state index contributed by atoms with van der Waals surface area (Å²) < 4.78 is 7.36. The molecule has 0 aliphatic carbocycles. The van der Waals surface area contributed by atoms with Crippen molar-refractivity contribution in [2.75, 3.05) is 0 Å². The largest absolute Gasteiger partial charge is 0.454 e. The first-order valence-corrected chi connectivity index (χ1v) is 5.54. The predicted molar refractivity (Wildman–Crippen MR) is 64.0 cm³/mol. The van der Waals surface area contributed by atoms with Crippen molar-refractivity contribution in [2.45, 2.75) is 12.8 Å². The van der Waals surface area contributed by atoms with Gasteiger partial charge < -0.3 is 4.74 Å². The molecule has 0 radical (unpaired) electrons. The first-order valence-electron chi connectivity index (χ1n) is 5.01. The fourth-order valence-electron chi connectivity index (χ4n) is 1.47. The minimum Gasteiger partial charge on any atom is -0.454 e. The molecule has 2 rings (SSSR count). The zero-order valence-corrected chi connectivity index (χ0v) is 10.0. The summed E-state index contributed by atoms with van der Waals surface area (Å²) in [6.45, 7) is 2.02. The van der Waals surface area contributed by atoms with E-state index in [0.717, 1.165) is 22.6 Å². The molecule has 2 aromatic rings. The lowest BCUT2D eigenvalue weighted by atomic mass is 10.1. The third-order valence-electron chi connectivity index (χ3n) is 2.37. The second kappa shape index (κ2) is 4.58. The Labute approximate surface area is 99.6 Å². The third kappa shape index (κ3) is 2.36. The number of ether oxygens (including phenoxy) is 1. The Morgan fingerprint density at radius 3 is 2.75 bits per heavy atom. The van der Waals surface area contributed by atoms with Crippen LogP contribution < -0.4 is 4.74 Å². The van der Waals surface area contributed by atoms with Gasteiger partial charge in [-0.1, -0.05) is 6.07 Å². The minimum atomic E-state index is 0.527. The van der Waals surface area contributed by atoms with Gasteiger partial charge in [0, 0.05) is 12.9 Å². The molecular formula is C12H13ClN2O. The minimum absolute atomic E-state index is 0.527. The molecule has 0 saturated carbocycles. The molecule has 1 aromatic heterocycles. The Kier molecular flexibility index (Phi) is 3.15. The molecule has 84 valence electrons. The van der Waals surface area contributed by atoms with Crippen LogP contribution in [0.5, 0.6) is 11.5 Å². The Morgan fingerprint density at radius 2 is 2.19 bits per heavy atom. The Hall–Kier alpha value is -1.48. The Balaban J connectivity index is 2.19. The van der Waals surface area contributed by atoms with E-state index >= 15 is 0 Å². The fraction of sp³-hybridized carbons (Fsp3) is 0.250. The van der Waals surface area contributed by atoms with E-state index in [1.54, 1.807) is 10.9 Å². The monoisotopic (exact) mass is 236 g/mol. The number of benzene rings is 1. The van der Waals surface area contributed by atoms with Crippen LogP contribution in [0.2, 0.25) is 0 Å². The second-order valence-electron chi connectivity index (χ2n) is 3.67. The zero-order chi connectivity index (χ0) is 11.5. The molecule has 0 bridgehead atoms. The lowest BCUT2D eigenvalue weighted by Gasteiger charge is -2.06. The van der Waals surface area contributed by atoms with E-state index in [2.05, 4.69) is 5.10 Å². The summed E-state index contributed by atoms with van der Waals surface area (Å²) in [5.74, 6) is 2.07. The van der Waals surface area contributed by atoms with Crippen molar-refractivity contribution in [1.29, 1.82) is 0 Å². The first-order chi connectivity index (χ1) is 7.69. The highest BCUT2D eigenvalue weighted by Gasteiger charge is 2.02. The van der Waals surface area contributed by atoms with E-state index in [9.17, 15) is 0 Å². The van der Waals surface area contributed by atoms with Gasteiger partial charge in [0.05, 0.1) is 12.4 Å². The summed E-state index contributed by atoms with van der Waals surface area (Å²) in [6.07, 6.45) is 3.51. The number of alkyl halides is 1. The maximum atomic E-state index is 5.79. The zero-order valence-electron chi connectivity index (χ0n) is 9.27. The van der Waals surface area contributed by atoms with E-state index in [1.165, 1.54) is 0 Å². The quantitative estimate of drug-likeness (QED) is 0.765. The number of nitrogens with zero attached hydrogens (tertiary/aromatic N) is 2. The van der Waals surface area contributed by atoms with Crippen molar-refractivity contribution in [3.63, 3.8) is 0 Å². The Morgan fingerprint density at radius 1 is 1.38 bits per heavy atom. The molecule has 0 unspecified atom stereocenters. The van der Waals surface area contributed by atoms with Crippen LogP contribution in [0.4, 0.5) is 0 Å². The summed E-state index contributed by atoms with van der Waals surface area (Å²) in [5.41, 5.74) is 2.26. The average molecular weight is 237 g/mol. The molecule has 0 fully saturated rings. The third-order valence-corrected chi connectivity index (χ3v) is 2.66. The van der Waals surface area contributed by atoms with Crippen LogP contribution >= 0.6 is 11.6 Å². The molecular weight excluding hydrogens is 224 g/mol. The summed E-state index contributed by atoms with van der Waals surface area (Å²) >= 11 is 5.79. The molecule has 0 atom stereocenters. The van der Waals surface area contributed by atoms with Crippen LogP contribution in [-0.4, -0.2) is 9.78 Å². The summed E-state index contributed by atoms with van der Waals surface area (Å²) in [7, 11) is 1.86. The van der Waals surface area contributed by atoms with Crippen molar-refractivity contribution in [1.82, 2.24) is 9.78 Å². The molecule has 1 aromatic carbocycles. The molecule has 0 aliphatic heterocycles. The van der Waals surface area contributed by atoms with Crippen LogP contribution in [0.3, 0.4) is 0 Å². The van der Waals surface area contributed by atoms with Crippen LogP contribution in [0.25, 0.3) is 0 Å². The van der Waals surface area contributed by atoms with Crippen molar-refractivity contribution < 1.29 is 4.74 Å². The van der Waals surface area contributed by atoms with Crippen LogP contribution in [0, 0.1) is 6.92 Å². The molecule has 16 heavy (non-hydrogen) atoms. The van der Waals surface area contributed by atoms with Gasteiger partial charge in [-0.25, -0.2) is 0 Å². The van der Waals surface area contributed by atoms with E-state index in [-0.39, 0.29) is 0 Å². The van der Waals surface area contributed by atoms with Gasteiger partial charge in [0.15, 0.2) is 5.75 Å². The van der Waals surface area contributed by atoms with Gasteiger partial charge in [0.2, 0.25) is 0 Å². The van der Waals surface area contributed by atoms with Gasteiger partial charge in [-0.2, -0.15) is 5.10 Å². The van der Waals surface area contributed by atoms with Crippen LogP contribution in [0.1, 0.15) is 11.1 Å². The highest BCUT2D eigenvalue weighted by Crippen LogP contribution is 2.23. The molecule has 1 heterocycles. The lowest BCUT2D eigenvalue weighted by Crippen LogP contribution is -1.88. The summed E-state index contributed by atoms with van der Waals surface area (Å²) in [4.78, 5) is 0. The standard InChI is InChI=1S/C12H13ClN2O/c1-9-5-11(4-3-10(9)6-13)16-12-7-14-15(2)8-12/h3-5,7-8H,6H2,1-2H3. The maximum absolute atomic E-state index is 5.79. The summed E-state index contributed by atoms with van der Waals surface area (Å²) in [6, 6.07) is 5.87. The van der Waals surface area contributed by atoms with Gasteiger partial charge in [-0.15, -0.1) is 11.6 Å². The average Bonchev–Trinajstić information content (AvgIpc) is 2.64. The number of aryl methyl sites for hydroxylation is 2. The lowest BCUT2D eigenvalue weighted by molar-refractivity contribution is 0.481. The van der Waals surface area contributed by atoms with Crippen LogP contribution in [-0.2, 0) is 12.9 Å². The van der Waals surface area contributed by atoms with Crippen molar-refractivity contribution in [2.24, 2.45) is 7.05 Å². The molecule has 3 nitrogen and oxygen atoms in total. The van der Waals surface area contributed by atoms with E-state index in [4.69, 9.17) is 16.3 Å². The van der Waals surface area contributed by atoms with Crippen LogP contribution in [0.15, 0.2) is 30.6 Å². The molecule has 0 saturated heterocycles. The van der Waals surface area contributed by atoms with Crippen molar-refractivity contribution >= 4 is 11.6 Å². The Bertz CT molecular complexity index is 494. The van der Waals surface area contributed by atoms with Gasteiger partial charge in [-0.05, 0) is 30.2 Å². The molecule has 4 heteroatoms. The molecule has 0 spiro atoms. The highest BCUT2D eigenvalue weighted by molar-refractivity contribution is 6.17. The molecule has 0 amide bonds. The van der Waals surface area contributed by atoms with E-state index in [1.807, 2.05) is 38.4 Å². The number of hydrogen-bond donors (Lipinski definition) is 0. The van der Waals surface area contributed by atoms with Gasteiger partial charge >= 0.3 is 0 Å². The number of halogens is 1. The number of rotatable bonds is 3. The number of aromatic nitrogens is 2. The van der Waals surface area contributed by atoms with E-state index < -0.39 is 0 Å². The smallest absolute Gasteiger partial charge is 0.165 e.